The van der Waals surface area contributed by atoms with Gasteiger partial charge in [-0.3, -0.25) is 0 Å². The Labute approximate surface area is 120 Å². The van der Waals surface area contributed by atoms with Crippen LogP contribution in [0.2, 0.25) is 0 Å². The molecule has 0 bridgehead atoms. The number of hydrogen-bond donors (Lipinski definition) is 3. The Bertz CT molecular complexity index is 335. The van der Waals surface area contributed by atoms with Crippen LogP contribution in [0.5, 0.6) is 0 Å². The van der Waals surface area contributed by atoms with E-state index in [0.717, 1.165) is 25.7 Å². The number of amides is 2. The van der Waals surface area contributed by atoms with Gasteiger partial charge in [-0.1, -0.05) is 33.1 Å². The van der Waals surface area contributed by atoms with Gasteiger partial charge in [0.05, 0.1) is 6.10 Å². The lowest BCUT2D eigenvalue weighted by Gasteiger charge is -2.23. The number of carbonyl (C=O) groups is 2. The molecule has 1 aliphatic rings. The predicted octanol–water partition coefficient (Wildman–Crippen LogP) is 1.43. The summed E-state index contributed by atoms with van der Waals surface area (Å²) in [5, 5.41) is 21.4. The average molecular weight is 286 g/mol. The van der Waals surface area contributed by atoms with Gasteiger partial charge in [-0.2, -0.15) is 0 Å². The lowest BCUT2D eigenvalue weighted by molar-refractivity contribution is -0.141. The van der Waals surface area contributed by atoms with Crippen LogP contribution in [-0.2, 0) is 4.79 Å². The van der Waals surface area contributed by atoms with Crippen LogP contribution < -0.4 is 5.32 Å². The van der Waals surface area contributed by atoms with Crippen LogP contribution in [0.15, 0.2) is 0 Å². The van der Waals surface area contributed by atoms with Crippen LogP contribution in [0.3, 0.4) is 0 Å². The summed E-state index contributed by atoms with van der Waals surface area (Å²) in [6, 6.07) is -1.30. The van der Waals surface area contributed by atoms with Crippen LogP contribution in [0.25, 0.3) is 0 Å². The van der Waals surface area contributed by atoms with E-state index in [2.05, 4.69) is 19.2 Å². The van der Waals surface area contributed by atoms with Crippen molar-refractivity contribution in [3.8, 4) is 0 Å². The van der Waals surface area contributed by atoms with Gasteiger partial charge in [-0.15, -0.1) is 0 Å². The Morgan fingerprint density at radius 2 is 2.10 bits per heavy atom. The number of carboxylic acid groups (broad SMARTS) is 1. The van der Waals surface area contributed by atoms with E-state index in [4.69, 9.17) is 5.11 Å². The Hall–Kier alpha value is -1.30. The fraction of sp³-hybridized carbons (Fsp3) is 0.857. The normalized spacial score (nSPS) is 23.6. The highest BCUT2D eigenvalue weighted by molar-refractivity contribution is 5.83. The van der Waals surface area contributed by atoms with Gasteiger partial charge in [0.25, 0.3) is 0 Å². The first-order valence-electron chi connectivity index (χ1n) is 7.44. The van der Waals surface area contributed by atoms with Gasteiger partial charge in [0, 0.05) is 19.5 Å². The molecule has 1 rings (SSSR count). The number of aliphatic carboxylic acids is 1. The van der Waals surface area contributed by atoms with E-state index < -0.39 is 18.1 Å². The molecule has 0 saturated carbocycles. The molecule has 1 heterocycles. The molecule has 2 amide bonds. The Balaban J connectivity index is 2.46. The highest BCUT2D eigenvalue weighted by Gasteiger charge is 2.38. The third-order valence-electron chi connectivity index (χ3n) is 3.91. The summed E-state index contributed by atoms with van der Waals surface area (Å²) in [4.78, 5) is 24.3. The Morgan fingerprint density at radius 3 is 2.65 bits per heavy atom. The number of likely N-dealkylation sites (tertiary alicyclic amines) is 1. The number of unbranched alkanes of at least 4 members (excludes halogenated alkanes) is 1. The molecule has 20 heavy (non-hydrogen) atoms. The lowest BCUT2D eigenvalue weighted by Crippen LogP contribution is -2.47. The third-order valence-corrected chi connectivity index (χ3v) is 3.91. The molecule has 1 fully saturated rings. The number of nitrogens with one attached hydrogen (secondary N) is 1. The minimum Gasteiger partial charge on any atom is -0.480 e. The number of urea groups is 1. The van der Waals surface area contributed by atoms with Crippen LogP contribution in [-0.4, -0.2) is 52.3 Å². The van der Waals surface area contributed by atoms with Gasteiger partial charge in [0.15, 0.2) is 0 Å². The summed E-state index contributed by atoms with van der Waals surface area (Å²) in [7, 11) is 0. The van der Waals surface area contributed by atoms with Crippen molar-refractivity contribution >= 4 is 12.0 Å². The summed E-state index contributed by atoms with van der Waals surface area (Å²) in [5.74, 6) is -0.635. The molecule has 0 aromatic rings. The number of hydrogen-bond acceptors (Lipinski definition) is 3. The molecule has 1 aliphatic heterocycles. The highest BCUT2D eigenvalue weighted by Crippen LogP contribution is 2.18. The van der Waals surface area contributed by atoms with E-state index in [1.54, 1.807) is 0 Å². The second-order valence-corrected chi connectivity index (χ2v) is 5.50. The molecule has 3 N–H and O–H groups in total. The number of rotatable bonds is 7. The van der Waals surface area contributed by atoms with E-state index in [-0.39, 0.29) is 19.0 Å². The van der Waals surface area contributed by atoms with E-state index in [1.165, 1.54) is 4.90 Å². The first-order chi connectivity index (χ1) is 9.49. The molecule has 3 atom stereocenters. The van der Waals surface area contributed by atoms with E-state index >= 15 is 0 Å². The molecule has 3 unspecified atom stereocenters. The summed E-state index contributed by atoms with van der Waals surface area (Å²) >= 11 is 0. The topological polar surface area (TPSA) is 89.9 Å². The predicted molar refractivity (Wildman–Crippen MR) is 75.5 cm³/mol. The number of nitrogens with zero attached hydrogens (tertiary/aromatic N) is 1. The zero-order chi connectivity index (χ0) is 15.1. The molecule has 0 aliphatic carbocycles. The van der Waals surface area contributed by atoms with Gasteiger partial charge in [-0.05, 0) is 12.3 Å². The van der Waals surface area contributed by atoms with E-state index in [9.17, 15) is 14.7 Å². The molecular weight excluding hydrogens is 260 g/mol. The lowest BCUT2D eigenvalue weighted by atomic mass is 9.99. The molecule has 6 heteroatoms. The zero-order valence-electron chi connectivity index (χ0n) is 12.3. The highest BCUT2D eigenvalue weighted by atomic mass is 16.4. The molecule has 116 valence electrons. The fourth-order valence-corrected chi connectivity index (χ4v) is 2.55. The molecule has 0 aromatic heterocycles. The number of β-amino-alcohol motifs (C(OH)–C–C–N with tert-alkyl or cyclic N) is 1. The van der Waals surface area contributed by atoms with Crippen molar-refractivity contribution in [3.63, 3.8) is 0 Å². The van der Waals surface area contributed by atoms with E-state index in [0.29, 0.717) is 12.5 Å². The molecular formula is C14H26N2O4. The maximum atomic E-state index is 12.0. The standard InChI is InChI=1S/C14H26N2O4/c1-3-5-6-10(4-2)8-15-14(20)16-9-11(17)7-12(16)13(18)19/h10-12,17H,3-9H2,1-2H3,(H,15,20)(H,18,19). The minimum atomic E-state index is -1.06. The first-order valence-corrected chi connectivity index (χ1v) is 7.44. The summed E-state index contributed by atoms with van der Waals surface area (Å²) < 4.78 is 0. The first kappa shape index (κ1) is 16.8. The monoisotopic (exact) mass is 286 g/mol. The molecule has 0 spiro atoms. The number of aliphatic hydroxyl groups excluding tert-OH is 1. The number of carboxylic acids is 1. The van der Waals surface area contributed by atoms with Crippen LogP contribution in [0, 0.1) is 5.92 Å². The van der Waals surface area contributed by atoms with Gasteiger partial charge in [0.2, 0.25) is 0 Å². The van der Waals surface area contributed by atoms with Gasteiger partial charge in [0.1, 0.15) is 6.04 Å². The van der Waals surface area contributed by atoms with Crippen molar-refractivity contribution in [1.82, 2.24) is 10.2 Å². The van der Waals surface area contributed by atoms with Gasteiger partial charge < -0.3 is 20.4 Å². The van der Waals surface area contributed by atoms with Crippen LogP contribution in [0.1, 0.15) is 46.0 Å². The molecule has 0 aromatic carbocycles. The fourth-order valence-electron chi connectivity index (χ4n) is 2.55. The van der Waals surface area contributed by atoms with Crippen molar-refractivity contribution in [2.45, 2.75) is 58.1 Å². The zero-order valence-corrected chi connectivity index (χ0v) is 12.3. The van der Waals surface area contributed by atoms with Crippen molar-refractivity contribution in [2.24, 2.45) is 5.92 Å². The van der Waals surface area contributed by atoms with Crippen molar-refractivity contribution in [3.05, 3.63) is 0 Å². The smallest absolute Gasteiger partial charge is 0.326 e. The maximum Gasteiger partial charge on any atom is 0.326 e. The number of aliphatic hydroxyl groups is 1. The quantitative estimate of drug-likeness (QED) is 0.660. The molecule has 0 radical (unpaired) electrons. The molecule has 6 nitrogen and oxygen atoms in total. The largest absolute Gasteiger partial charge is 0.480 e. The van der Waals surface area contributed by atoms with Gasteiger partial charge >= 0.3 is 12.0 Å². The summed E-state index contributed by atoms with van der Waals surface area (Å²) in [6.45, 7) is 4.88. The second-order valence-electron chi connectivity index (χ2n) is 5.50. The Kier molecular flexibility index (Phi) is 6.78. The Morgan fingerprint density at radius 1 is 1.40 bits per heavy atom. The van der Waals surface area contributed by atoms with Gasteiger partial charge in [-0.25, -0.2) is 9.59 Å². The van der Waals surface area contributed by atoms with Crippen LogP contribution >= 0.6 is 0 Å². The van der Waals surface area contributed by atoms with Crippen molar-refractivity contribution < 1.29 is 19.8 Å². The average Bonchev–Trinajstić information content (AvgIpc) is 2.81. The third kappa shape index (κ3) is 4.67. The van der Waals surface area contributed by atoms with E-state index in [1.807, 2.05) is 0 Å². The SMILES string of the molecule is CCCCC(CC)CNC(=O)N1CC(O)CC1C(=O)O. The number of carbonyl (C=O) groups excluding carboxylic acids is 1. The minimum absolute atomic E-state index is 0.0918. The van der Waals surface area contributed by atoms with Crippen molar-refractivity contribution in [2.75, 3.05) is 13.1 Å². The summed E-state index contributed by atoms with van der Waals surface area (Å²) in [6.07, 6.45) is 3.68. The maximum absolute atomic E-state index is 12.0. The molecule has 1 saturated heterocycles. The second kappa shape index (κ2) is 8.09. The van der Waals surface area contributed by atoms with Crippen LogP contribution in [0.4, 0.5) is 4.79 Å². The summed E-state index contributed by atoms with van der Waals surface area (Å²) in [5.41, 5.74) is 0. The van der Waals surface area contributed by atoms with Crippen molar-refractivity contribution in [1.29, 1.82) is 0 Å².